The van der Waals surface area contributed by atoms with Crippen molar-refractivity contribution in [2.45, 2.75) is 274 Å². The van der Waals surface area contributed by atoms with Crippen molar-refractivity contribution in [2.24, 2.45) is 53.1 Å². The largest absolute Gasteiger partial charge is 0.508 e. The minimum atomic E-state index is -0.422. The molecule has 4 fully saturated rings. The molecule has 0 spiro atoms. The number of hydrogen-bond donors (Lipinski definition) is 15. The third kappa shape index (κ3) is 32.3. The Hall–Kier alpha value is -8.58. The Labute approximate surface area is 794 Å². The second-order valence-electron chi connectivity index (χ2n) is 42.0. The monoisotopic (exact) mass is 1840 g/mol. The summed E-state index contributed by atoms with van der Waals surface area (Å²) in [6.07, 6.45) is 15.6. The van der Waals surface area contributed by atoms with E-state index in [-0.39, 0.29) is 113 Å². The molecule has 11 atom stereocenters. The maximum Gasteiger partial charge on any atom is 0.248 e. The molecule has 15 rings (SSSR count). The second-order valence-corrected chi connectivity index (χ2v) is 42.0. The minimum Gasteiger partial charge on any atom is -0.508 e. The van der Waals surface area contributed by atoms with Crippen molar-refractivity contribution in [1.82, 2.24) is 82.6 Å². The van der Waals surface area contributed by atoms with Crippen LogP contribution in [0.4, 0.5) is 0 Å². The molecule has 1 unspecified atom stereocenters. The number of fused-ring (bicyclic) bond motifs is 5. The first-order valence-electron chi connectivity index (χ1n) is 50.3. The van der Waals surface area contributed by atoms with Crippen LogP contribution >= 0.6 is 0 Å². The topological polar surface area (TPSA) is 349 Å². The van der Waals surface area contributed by atoms with E-state index in [1.807, 2.05) is 36.4 Å². The normalized spacial score (nSPS) is 22.8. The number of carbonyl (C=O) groups excluding carboxylic acids is 6. The second kappa shape index (κ2) is 51.0. The van der Waals surface area contributed by atoms with Crippen LogP contribution in [0.25, 0.3) is 0 Å². The molecule has 734 valence electrons. The van der Waals surface area contributed by atoms with E-state index in [0.29, 0.717) is 100.0 Å². The first-order chi connectivity index (χ1) is 63.5. The Morgan fingerprint density at radius 2 is 0.684 bits per heavy atom. The lowest BCUT2D eigenvalue weighted by atomic mass is 9.93. The summed E-state index contributed by atoms with van der Waals surface area (Å²) >= 11 is 0. The van der Waals surface area contributed by atoms with Gasteiger partial charge in [0.1, 0.15) is 23.0 Å². The van der Waals surface area contributed by atoms with Crippen LogP contribution in [0.15, 0.2) is 103 Å². The molecule has 27 nitrogen and oxygen atoms in total. The van der Waals surface area contributed by atoms with Gasteiger partial charge in [-0.05, 0) is 287 Å². The SMILES string of the molecule is CC(C)[C@@H](CN1CCN(C)CC1)NC(=O)[C@H]1Cc2ccc(O)cc2CN1.CC1=CCCN(C[C@@H](NC(=O)[C@H]2Cc3ccc(O)cc3CN2)C(C)C)C1.CC1CCCN(C[C@@H](NC(=O)[C@H]2Cc3ccc(O)cc3CN2)C(C)C)C1.CC1CCN(C[C@@H](NC(=O)[C@H]2Cc3ccc(C(N)=O)cc3CN2)C(C)C)CC1.CCC1CCN(C[C@@H](NC(=O)[C@H]2Cc3ccc(O)cc3CN2)C(C)C)CC1. The fourth-order valence-electron chi connectivity index (χ4n) is 20.0. The minimum absolute atomic E-state index is 0.0636. The highest BCUT2D eigenvalue weighted by molar-refractivity contribution is 5.93. The Bertz CT molecular complexity index is 4610. The highest BCUT2D eigenvalue weighted by atomic mass is 16.3. The molecule has 5 aromatic rings. The molecule has 10 aliphatic heterocycles. The van der Waals surface area contributed by atoms with Crippen LogP contribution < -0.4 is 58.9 Å². The lowest BCUT2D eigenvalue weighted by molar-refractivity contribution is -0.125. The van der Waals surface area contributed by atoms with Gasteiger partial charge in [-0.1, -0.05) is 138 Å². The van der Waals surface area contributed by atoms with Crippen molar-refractivity contribution in [2.75, 3.05) is 118 Å². The van der Waals surface area contributed by atoms with Gasteiger partial charge in [0, 0.05) is 147 Å². The quantitative estimate of drug-likeness (QED) is 0.0217. The van der Waals surface area contributed by atoms with Gasteiger partial charge in [0.05, 0.1) is 30.2 Å². The highest BCUT2D eigenvalue weighted by Gasteiger charge is 2.37. The van der Waals surface area contributed by atoms with E-state index in [2.05, 4.69) is 193 Å². The zero-order chi connectivity index (χ0) is 95.7. The van der Waals surface area contributed by atoms with Crippen LogP contribution in [0.2, 0.25) is 0 Å². The summed E-state index contributed by atoms with van der Waals surface area (Å²) < 4.78 is 0. The Balaban J connectivity index is 0.000000160. The van der Waals surface area contributed by atoms with E-state index in [1.54, 1.807) is 54.6 Å². The van der Waals surface area contributed by atoms with Crippen molar-refractivity contribution < 1.29 is 49.2 Å². The number of likely N-dealkylation sites (tertiary alicyclic amines) is 3. The van der Waals surface area contributed by atoms with Gasteiger partial charge in [-0.3, -0.25) is 38.6 Å². The van der Waals surface area contributed by atoms with Gasteiger partial charge in [-0.15, -0.1) is 0 Å². The van der Waals surface area contributed by atoms with Crippen LogP contribution in [-0.2, 0) is 88.8 Å². The number of phenols is 4. The maximum absolute atomic E-state index is 12.9. The molecular formula is C106H165N17O10. The number of phenolic OH excluding ortho intramolecular Hbond substituents is 4. The molecule has 16 N–H and O–H groups in total. The van der Waals surface area contributed by atoms with E-state index >= 15 is 0 Å². The number of amides is 6. The molecule has 0 saturated carbocycles. The molecule has 4 saturated heterocycles. The summed E-state index contributed by atoms with van der Waals surface area (Å²) in [5, 5.41) is 71.5. The summed E-state index contributed by atoms with van der Waals surface area (Å²) in [4.78, 5) is 90.5. The van der Waals surface area contributed by atoms with E-state index in [1.165, 1.54) is 50.5 Å². The molecule has 133 heavy (non-hydrogen) atoms. The number of nitrogens with one attached hydrogen (secondary N) is 10. The van der Waals surface area contributed by atoms with Gasteiger partial charge in [-0.25, -0.2) is 0 Å². The molecule has 0 bridgehead atoms. The predicted molar refractivity (Wildman–Crippen MR) is 531 cm³/mol. The molecule has 10 heterocycles. The van der Waals surface area contributed by atoms with E-state index < -0.39 is 5.91 Å². The number of hydrogen-bond acceptors (Lipinski definition) is 21. The molecule has 0 radical (unpaired) electrons. The van der Waals surface area contributed by atoms with Crippen molar-refractivity contribution in [3.8, 4) is 23.0 Å². The lowest BCUT2D eigenvalue weighted by Gasteiger charge is -2.36. The first-order valence-corrected chi connectivity index (χ1v) is 50.3. The third-order valence-corrected chi connectivity index (χ3v) is 29.5. The molecule has 6 amide bonds. The van der Waals surface area contributed by atoms with Gasteiger partial charge in [0.15, 0.2) is 0 Å². The van der Waals surface area contributed by atoms with E-state index in [9.17, 15) is 49.2 Å². The number of carbonyl (C=O) groups is 6. The fourth-order valence-corrected chi connectivity index (χ4v) is 20.0. The standard InChI is InChI=1S/C22H34N4O2.C22H35N3O2.C21H33N3O2.C21H31N3O2.C20H32N4O2/c1-14(2)20(13-26-8-6-15(3)7-9-26)25-22(28)19-11-16-4-5-17(21(23)27)10-18(16)12-24-19;1-4-16-7-9-25(10-8-16)14-21(15(2)3)24-22(27)20-12-17-5-6-19(26)11-18(17)13-23-20;2*1-14(2)20(13-24-8-4-5-15(3)12-24)23-21(26)19-10-16-6-7-18(25)9-17(16)11-22-19;1-14(2)19(13-24-8-6-23(3)7-9-24)22-20(26)18-11-15-4-5-17(25)10-16(15)12-21-18/h4-5,10,14-15,19-20,24H,6-9,11-13H2,1-3H3,(H2,23,27)(H,25,28);5-6,11,15-16,20-21,23,26H,4,7-10,12-14H2,1-3H3,(H,24,27);6-7,9,14-15,19-20,22,25H,4-5,8,10-13H2,1-3H3,(H,23,26);5-7,9,14,19-20,22,25H,4,8,10-13H2,1-3H3,(H,23,26);4-5,10,14,18-19,21,25H,6-9,11-13H2,1-3H3,(H,22,26)/t19-,20-;20-,21-;15?,19-,20-;19-,20-;18-,19-/m11111/s1. The Morgan fingerprint density at radius 1 is 0.376 bits per heavy atom. The number of rotatable bonds is 27. The number of aromatic hydroxyl groups is 4. The number of primary amides is 1. The Kier molecular flexibility index (Phi) is 40.2. The van der Waals surface area contributed by atoms with Crippen LogP contribution in [0.3, 0.4) is 0 Å². The number of piperidine rings is 3. The third-order valence-electron chi connectivity index (χ3n) is 29.5. The molecule has 0 aliphatic carbocycles. The number of nitrogens with two attached hydrogens (primary N) is 1. The van der Waals surface area contributed by atoms with Crippen molar-refractivity contribution in [3.05, 3.63) is 164 Å². The van der Waals surface area contributed by atoms with Crippen molar-refractivity contribution in [1.29, 1.82) is 0 Å². The lowest BCUT2D eigenvalue weighted by Crippen LogP contribution is -2.56. The summed E-state index contributed by atoms with van der Waals surface area (Å²) in [5.74, 6) is 5.52. The highest BCUT2D eigenvalue weighted by Crippen LogP contribution is 2.30. The number of nitrogens with zero attached hydrogens (tertiary/aromatic N) is 6. The van der Waals surface area contributed by atoms with Gasteiger partial charge in [-0.2, -0.15) is 0 Å². The Morgan fingerprint density at radius 3 is 1.00 bits per heavy atom. The smallest absolute Gasteiger partial charge is 0.248 e. The molecule has 0 aromatic heterocycles. The number of piperazine rings is 1. The van der Waals surface area contributed by atoms with Gasteiger partial charge in [0.25, 0.3) is 0 Å². The average Bonchev–Trinajstić information content (AvgIpc) is 0.839. The first kappa shape index (κ1) is 105. The number of benzene rings is 5. The summed E-state index contributed by atoms with van der Waals surface area (Å²) in [7, 11) is 2.16. The average molecular weight is 1840 g/mol. The molecule has 5 aromatic carbocycles. The number of likely N-dealkylation sites (N-methyl/N-ethyl adjacent to an activating group) is 1. The van der Waals surface area contributed by atoms with Gasteiger partial charge in [0.2, 0.25) is 35.4 Å². The zero-order valence-corrected chi connectivity index (χ0v) is 82.9. The van der Waals surface area contributed by atoms with Crippen LogP contribution in [0.1, 0.15) is 214 Å². The fraction of sp³-hybridized carbons (Fsp3) is 0.642. The van der Waals surface area contributed by atoms with Gasteiger partial charge < -0.3 is 98.9 Å². The predicted octanol–water partition coefficient (Wildman–Crippen LogP) is 9.61. The summed E-state index contributed by atoms with van der Waals surface area (Å²) in [6.45, 7) is 51.7. The van der Waals surface area contributed by atoms with E-state index in [0.717, 1.165) is 191 Å². The van der Waals surface area contributed by atoms with Crippen molar-refractivity contribution >= 4 is 35.4 Å². The summed E-state index contributed by atoms with van der Waals surface area (Å²) in [5.41, 5.74) is 18.3. The summed E-state index contributed by atoms with van der Waals surface area (Å²) in [6, 6.07) is 26.9. The molecular weight excluding hydrogens is 1670 g/mol. The van der Waals surface area contributed by atoms with Crippen LogP contribution in [-0.4, -0.2) is 264 Å². The molecule has 10 aliphatic rings. The maximum atomic E-state index is 12.9. The van der Waals surface area contributed by atoms with Crippen LogP contribution in [0, 0.1) is 47.3 Å². The van der Waals surface area contributed by atoms with Gasteiger partial charge >= 0.3 is 0 Å². The van der Waals surface area contributed by atoms with Crippen LogP contribution in [0.5, 0.6) is 23.0 Å². The molecule has 27 heteroatoms. The van der Waals surface area contributed by atoms with E-state index in [4.69, 9.17) is 5.73 Å². The zero-order valence-electron chi connectivity index (χ0n) is 82.9. The van der Waals surface area contributed by atoms with Crippen molar-refractivity contribution in [3.63, 3.8) is 0 Å².